The lowest BCUT2D eigenvalue weighted by Crippen LogP contribution is -2.39. The molecule has 0 radical (unpaired) electrons. The lowest BCUT2D eigenvalue weighted by Gasteiger charge is -2.29. The summed E-state index contributed by atoms with van der Waals surface area (Å²) in [7, 11) is 1.68. The van der Waals surface area contributed by atoms with E-state index in [1.54, 1.807) is 7.11 Å². The fourth-order valence-electron chi connectivity index (χ4n) is 2.67. The number of ether oxygens (including phenoxy) is 1. The summed E-state index contributed by atoms with van der Waals surface area (Å²) in [6.07, 6.45) is 1.29. The highest BCUT2D eigenvalue weighted by molar-refractivity contribution is 5.29. The second-order valence-corrected chi connectivity index (χ2v) is 5.43. The van der Waals surface area contributed by atoms with E-state index in [0.29, 0.717) is 6.04 Å². The molecule has 100 valence electrons. The van der Waals surface area contributed by atoms with Crippen molar-refractivity contribution in [2.24, 2.45) is 11.7 Å². The molecule has 0 amide bonds. The number of hydrogen-bond donors (Lipinski definition) is 1. The summed E-state index contributed by atoms with van der Waals surface area (Å²) in [5.41, 5.74) is 7.56. The second kappa shape index (κ2) is 5.72. The van der Waals surface area contributed by atoms with Gasteiger partial charge in [0.1, 0.15) is 5.75 Å². The molecule has 0 saturated carbocycles. The van der Waals surface area contributed by atoms with E-state index in [4.69, 9.17) is 10.5 Å². The summed E-state index contributed by atoms with van der Waals surface area (Å²) >= 11 is 0. The largest absolute Gasteiger partial charge is 0.497 e. The number of benzene rings is 1. The Morgan fingerprint density at radius 2 is 2.00 bits per heavy atom. The molecule has 0 aliphatic carbocycles. The van der Waals surface area contributed by atoms with E-state index >= 15 is 0 Å². The van der Waals surface area contributed by atoms with Crippen molar-refractivity contribution in [2.45, 2.75) is 32.4 Å². The van der Waals surface area contributed by atoms with E-state index in [1.165, 1.54) is 25.1 Å². The molecule has 3 atom stereocenters. The number of nitrogens with zero attached hydrogens (tertiary/aromatic N) is 1. The van der Waals surface area contributed by atoms with Gasteiger partial charge in [0.2, 0.25) is 0 Å². The first kappa shape index (κ1) is 13.4. The van der Waals surface area contributed by atoms with Gasteiger partial charge < -0.3 is 10.5 Å². The average molecular weight is 248 g/mol. The van der Waals surface area contributed by atoms with Gasteiger partial charge >= 0.3 is 0 Å². The average Bonchev–Trinajstić information content (AvgIpc) is 2.84. The van der Waals surface area contributed by atoms with E-state index in [9.17, 15) is 0 Å². The maximum atomic E-state index is 6.37. The van der Waals surface area contributed by atoms with Gasteiger partial charge in [0.05, 0.1) is 7.11 Å². The predicted octanol–water partition coefficient (Wildman–Crippen LogP) is 2.43. The third kappa shape index (κ3) is 2.85. The smallest absolute Gasteiger partial charge is 0.118 e. The molecule has 3 unspecified atom stereocenters. The number of methoxy groups -OCH3 is 1. The molecule has 0 aromatic heterocycles. The van der Waals surface area contributed by atoms with Crippen molar-refractivity contribution < 1.29 is 4.74 Å². The summed E-state index contributed by atoms with van der Waals surface area (Å²) in [5, 5.41) is 0. The van der Waals surface area contributed by atoms with Crippen molar-refractivity contribution >= 4 is 0 Å². The van der Waals surface area contributed by atoms with E-state index in [1.807, 2.05) is 12.1 Å². The van der Waals surface area contributed by atoms with E-state index in [2.05, 4.69) is 30.9 Å². The Kier molecular flexibility index (Phi) is 4.25. The molecule has 2 N–H and O–H groups in total. The maximum absolute atomic E-state index is 6.37. The Hall–Kier alpha value is -1.06. The zero-order valence-electron chi connectivity index (χ0n) is 11.6. The van der Waals surface area contributed by atoms with Crippen LogP contribution in [0.3, 0.4) is 0 Å². The van der Waals surface area contributed by atoms with Gasteiger partial charge in [0.15, 0.2) is 0 Å². The minimum absolute atomic E-state index is 0.0706. The molecule has 18 heavy (non-hydrogen) atoms. The van der Waals surface area contributed by atoms with Crippen LogP contribution in [0.4, 0.5) is 0 Å². The molecule has 3 nitrogen and oxygen atoms in total. The zero-order chi connectivity index (χ0) is 13.1. The predicted molar refractivity (Wildman–Crippen MR) is 74.7 cm³/mol. The topological polar surface area (TPSA) is 38.5 Å². The van der Waals surface area contributed by atoms with Crippen molar-refractivity contribution in [3.63, 3.8) is 0 Å². The first-order valence-corrected chi connectivity index (χ1v) is 6.75. The molecule has 2 rings (SSSR count). The number of likely N-dealkylation sites (tertiary alicyclic amines) is 1. The van der Waals surface area contributed by atoms with Gasteiger partial charge in [0.25, 0.3) is 0 Å². The van der Waals surface area contributed by atoms with Crippen LogP contribution in [0.5, 0.6) is 5.75 Å². The Labute approximate surface area is 110 Å². The van der Waals surface area contributed by atoms with E-state index < -0.39 is 0 Å². The molecular formula is C15H24N2O. The normalized spacial score (nSPS) is 23.9. The van der Waals surface area contributed by atoms with E-state index in [0.717, 1.165) is 11.7 Å². The van der Waals surface area contributed by atoms with Gasteiger partial charge in [-0.25, -0.2) is 0 Å². The molecule has 1 aliphatic rings. The van der Waals surface area contributed by atoms with Gasteiger partial charge in [-0.1, -0.05) is 19.1 Å². The monoisotopic (exact) mass is 248 g/mol. The summed E-state index contributed by atoms with van der Waals surface area (Å²) < 4.78 is 5.17. The fourth-order valence-corrected chi connectivity index (χ4v) is 2.67. The van der Waals surface area contributed by atoms with Crippen LogP contribution in [0.15, 0.2) is 24.3 Å². The highest BCUT2D eigenvalue weighted by Gasteiger charge is 2.27. The summed E-state index contributed by atoms with van der Waals surface area (Å²) in [6, 6.07) is 8.56. The zero-order valence-corrected chi connectivity index (χ0v) is 11.6. The van der Waals surface area contributed by atoms with Gasteiger partial charge in [-0.2, -0.15) is 0 Å². The van der Waals surface area contributed by atoms with E-state index in [-0.39, 0.29) is 6.04 Å². The Balaban J connectivity index is 2.02. The minimum atomic E-state index is 0.0706. The Bertz CT molecular complexity index is 377. The van der Waals surface area contributed by atoms with Crippen LogP contribution in [-0.4, -0.2) is 31.1 Å². The van der Waals surface area contributed by atoms with Crippen LogP contribution in [0.2, 0.25) is 0 Å². The fraction of sp³-hybridized carbons (Fsp3) is 0.600. The highest BCUT2D eigenvalue weighted by atomic mass is 16.5. The maximum Gasteiger partial charge on any atom is 0.118 e. The number of hydrogen-bond acceptors (Lipinski definition) is 3. The van der Waals surface area contributed by atoms with Gasteiger partial charge in [-0.15, -0.1) is 0 Å². The van der Waals surface area contributed by atoms with Crippen molar-refractivity contribution in [1.29, 1.82) is 0 Å². The third-order valence-corrected chi connectivity index (χ3v) is 4.05. The molecule has 1 saturated heterocycles. The molecule has 1 fully saturated rings. The first-order chi connectivity index (χ1) is 8.61. The van der Waals surface area contributed by atoms with Crippen LogP contribution >= 0.6 is 0 Å². The molecule has 0 bridgehead atoms. The van der Waals surface area contributed by atoms with Crippen LogP contribution in [0.25, 0.3) is 0 Å². The molecule has 0 spiro atoms. The SMILES string of the molecule is COc1ccc(C(N)C(C)N2CCC(C)C2)cc1. The van der Waals surface area contributed by atoms with Crippen LogP contribution in [-0.2, 0) is 0 Å². The lowest BCUT2D eigenvalue weighted by molar-refractivity contribution is 0.221. The minimum Gasteiger partial charge on any atom is -0.497 e. The van der Waals surface area contributed by atoms with Crippen LogP contribution < -0.4 is 10.5 Å². The van der Waals surface area contributed by atoms with Crippen molar-refractivity contribution in [3.05, 3.63) is 29.8 Å². The standard InChI is InChI=1S/C15H24N2O/c1-11-8-9-17(10-11)12(2)15(16)13-4-6-14(18-3)7-5-13/h4-7,11-12,15H,8-10,16H2,1-3H3. The Morgan fingerprint density at radius 1 is 1.33 bits per heavy atom. The quantitative estimate of drug-likeness (QED) is 0.889. The molecule has 1 aromatic rings. The lowest BCUT2D eigenvalue weighted by atomic mass is 10.0. The molecule has 1 aliphatic heterocycles. The third-order valence-electron chi connectivity index (χ3n) is 4.05. The summed E-state index contributed by atoms with van der Waals surface area (Å²) in [4.78, 5) is 2.50. The van der Waals surface area contributed by atoms with Crippen molar-refractivity contribution in [2.75, 3.05) is 20.2 Å². The summed E-state index contributed by atoms with van der Waals surface area (Å²) in [6.45, 7) is 6.88. The van der Waals surface area contributed by atoms with Gasteiger partial charge in [-0.3, -0.25) is 4.90 Å². The number of rotatable bonds is 4. The molecule has 3 heteroatoms. The summed E-state index contributed by atoms with van der Waals surface area (Å²) in [5.74, 6) is 1.68. The molecular weight excluding hydrogens is 224 g/mol. The second-order valence-electron chi connectivity index (χ2n) is 5.43. The molecule has 1 aromatic carbocycles. The van der Waals surface area contributed by atoms with Crippen LogP contribution in [0, 0.1) is 5.92 Å². The van der Waals surface area contributed by atoms with Crippen molar-refractivity contribution in [1.82, 2.24) is 4.90 Å². The van der Waals surface area contributed by atoms with Crippen molar-refractivity contribution in [3.8, 4) is 5.75 Å². The highest BCUT2D eigenvalue weighted by Crippen LogP contribution is 2.25. The number of nitrogens with two attached hydrogens (primary N) is 1. The van der Waals surface area contributed by atoms with Gasteiger partial charge in [0, 0.05) is 18.6 Å². The molecule has 1 heterocycles. The first-order valence-electron chi connectivity index (χ1n) is 6.75. The van der Waals surface area contributed by atoms with Crippen LogP contribution in [0.1, 0.15) is 31.9 Å². The Morgan fingerprint density at radius 3 is 2.50 bits per heavy atom. The van der Waals surface area contributed by atoms with Gasteiger partial charge in [-0.05, 0) is 43.5 Å².